The molecule has 124 valence electrons. The second kappa shape index (κ2) is 6.16. The van der Waals surface area contributed by atoms with Crippen molar-refractivity contribution in [2.75, 3.05) is 19.7 Å². The summed E-state index contributed by atoms with van der Waals surface area (Å²) in [7, 11) is 0. The quantitative estimate of drug-likeness (QED) is 0.847. The summed E-state index contributed by atoms with van der Waals surface area (Å²) in [6, 6.07) is 5.59. The predicted molar refractivity (Wildman–Crippen MR) is 84.5 cm³/mol. The van der Waals surface area contributed by atoms with Crippen molar-refractivity contribution in [1.82, 2.24) is 19.9 Å². The molecule has 4 heterocycles. The van der Waals surface area contributed by atoms with Gasteiger partial charge in [0.1, 0.15) is 6.10 Å². The molecule has 0 N–H and O–H groups in total. The number of pyridine rings is 1. The number of carbonyl (C=O) groups excluding carboxylic acids is 1. The van der Waals surface area contributed by atoms with Crippen molar-refractivity contribution < 1.29 is 14.3 Å². The van der Waals surface area contributed by atoms with E-state index in [4.69, 9.17) is 9.47 Å². The molecule has 1 amide bonds. The van der Waals surface area contributed by atoms with Gasteiger partial charge in [0.25, 0.3) is 5.91 Å². The van der Waals surface area contributed by atoms with Crippen molar-refractivity contribution in [3.63, 3.8) is 0 Å². The molecule has 7 nitrogen and oxygen atoms in total. The molecule has 4 rings (SSSR count). The summed E-state index contributed by atoms with van der Waals surface area (Å²) >= 11 is 0. The smallest absolute Gasteiger partial charge is 0.316 e. The molecule has 2 saturated heterocycles. The lowest BCUT2D eigenvalue weighted by molar-refractivity contribution is 0.00973. The zero-order chi connectivity index (χ0) is 16.4. The van der Waals surface area contributed by atoms with Gasteiger partial charge in [-0.2, -0.15) is 0 Å². The van der Waals surface area contributed by atoms with Crippen molar-refractivity contribution in [1.29, 1.82) is 0 Å². The van der Waals surface area contributed by atoms with Gasteiger partial charge in [-0.3, -0.25) is 9.78 Å². The maximum absolute atomic E-state index is 12.6. The summed E-state index contributed by atoms with van der Waals surface area (Å²) in [5, 5.41) is 0. The Morgan fingerprint density at radius 1 is 1.25 bits per heavy atom. The van der Waals surface area contributed by atoms with Crippen LogP contribution in [0, 0.1) is 0 Å². The van der Waals surface area contributed by atoms with Gasteiger partial charge >= 0.3 is 6.01 Å². The van der Waals surface area contributed by atoms with Crippen LogP contribution in [0.2, 0.25) is 0 Å². The molecule has 0 saturated carbocycles. The van der Waals surface area contributed by atoms with E-state index in [1.165, 1.54) is 0 Å². The fourth-order valence-corrected chi connectivity index (χ4v) is 3.35. The summed E-state index contributed by atoms with van der Waals surface area (Å²) in [4.78, 5) is 26.5. The molecule has 24 heavy (non-hydrogen) atoms. The van der Waals surface area contributed by atoms with Crippen LogP contribution in [-0.2, 0) is 4.74 Å². The summed E-state index contributed by atoms with van der Waals surface area (Å²) in [5.74, 6) is 0.0219. The summed E-state index contributed by atoms with van der Waals surface area (Å²) in [6.45, 7) is 1.77. The average molecular weight is 326 g/mol. The standard InChI is InChI=1S/C17H18N4O3/c22-15(13-2-7-18-8-3-13)21-9-4-17(12-21)10-14(11-23-17)24-16-19-5-1-6-20-16/h1-3,5-8,14H,4,9-12H2/t14-,17-/m1/s1. The van der Waals surface area contributed by atoms with E-state index in [-0.39, 0.29) is 17.6 Å². The van der Waals surface area contributed by atoms with Gasteiger partial charge in [-0.15, -0.1) is 0 Å². The molecule has 0 unspecified atom stereocenters. The number of hydrogen-bond donors (Lipinski definition) is 0. The molecule has 2 fully saturated rings. The van der Waals surface area contributed by atoms with E-state index in [2.05, 4.69) is 15.0 Å². The zero-order valence-electron chi connectivity index (χ0n) is 13.2. The number of ether oxygens (including phenoxy) is 2. The van der Waals surface area contributed by atoms with Gasteiger partial charge in [0.05, 0.1) is 18.8 Å². The number of hydrogen-bond acceptors (Lipinski definition) is 6. The Hall–Kier alpha value is -2.54. The highest BCUT2D eigenvalue weighted by molar-refractivity contribution is 5.94. The van der Waals surface area contributed by atoms with E-state index in [0.29, 0.717) is 31.3 Å². The number of carbonyl (C=O) groups is 1. The first kappa shape index (κ1) is 15.0. The highest BCUT2D eigenvalue weighted by Gasteiger charge is 2.47. The fraction of sp³-hybridized carbons (Fsp3) is 0.412. The molecule has 0 bridgehead atoms. The van der Waals surface area contributed by atoms with Crippen LogP contribution >= 0.6 is 0 Å². The van der Waals surface area contributed by atoms with Crippen molar-refractivity contribution in [2.45, 2.75) is 24.5 Å². The van der Waals surface area contributed by atoms with Crippen molar-refractivity contribution in [3.8, 4) is 6.01 Å². The minimum atomic E-state index is -0.317. The van der Waals surface area contributed by atoms with E-state index in [0.717, 1.165) is 12.8 Å². The molecule has 1 spiro atoms. The van der Waals surface area contributed by atoms with E-state index in [1.807, 2.05) is 4.90 Å². The molecular formula is C17H18N4O3. The van der Waals surface area contributed by atoms with Crippen LogP contribution in [0.5, 0.6) is 6.01 Å². The third kappa shape index (κ3) is 2.94. The van der Waals surface area contributed by atoms with Crippen LogP contribution in [0.3, 0.4) is 0 Å². The normalized spacial score (nSPS) is 26.0. The van der Waals surface area contributed by atoms with Crippen LogP contribution in [0.1, 0.15) is 23.2 Å². The van der Waals surface area contributed by atoms with Gasteiger partial charge in [0.2, 0.25) is 0 Å². The zero-order valence-corrected chi connectivity index (χ0v) is 13.2. The number of likely N-dealkylation sites (tertiary alicyclic amines) is 1. The number of aromatic nitrogens is 3. The molecule has 2 aromatic heterocycles. The van der Waals surface area contributed by atoms with Crippen LogP contribution in [0.25, 0.3) is 0 Å². The molecule has 0 aliphatic carbocycles. The topological polar surface area (TPSA) is 77.4 Å². The maximum atomic E-state index is 12.6. The maximum Gasteiger partial charge on any atom is 0.316 e. The first-order valence-corrected chi connectivity index (χ1v) is 8.01. The molecule has 0 radical (unpaired) electrons. The van der Waals surface area contributed by atoms with Crippen LogP contribution < -0.4 is 4.74 Å². The second-order valence-corrected chi connectivity index (χ2v) is 6.18. The van der Waals surface area contributed by atoms with E-state index >= 15 is 0 Å². The van der Waals surface area contributed by atoms with Crippen LogP contribution in [0.4, 0.5) is 0 Å². The van der Waals surface area contributed by atoms with Crippen molar-refractivity contribution in [3.05, 3.63) is 48.5 Å². The van der Waals surface area contributed by atoms with Crippen LogP contribution in [-0.4, -0.2) is 57.2 Å². The van der Waals surface area contributed by atoms with Gasteiger partial charge in [0, 0.05) is 43.3 Å². The van der Waals surface area contributed by atoms with Crippen molar-refractivity contribution in [2.24, 2.45) is 0 Å². The lowest BCUT2D eigenvalue weighted by Crippen LogP contribution is -2.36. The monoisotopic (exact) mass is 326 g/mol. The molecule has 2 aliphatic rings. The SMILES string of the molecule is O=C(c1ccncc1)N1CC[C@@]2(C[C@@H](Oc3ncccn3)CO2)C1. The lowest BCUT2D eigenvalue weighted by Gasteiger charge is -2.23. The Bertz CT molecular complexity index is 712. The Morgan fingerprint density at radius 3 is 2.83 bits per heavy atom. The number of nitrogens with zero attached hydrogens (tertiary/aromatic N) is 4. The van der Waals surface area contributed by atoms with E-state index < -0.39 is 0 Å². The molecular weight excluding hydrogens is 308 g/mol. The molecule has 2 atom stereocenters. The Kier molecular flexibility index (Phi) is 3.86. The summed E-state index contributed by atoms with van der Waals surface area (Å²) in [5.41, 5.74) is 0.341. The minimum absolute atomic E-state index is 0.0219. The molecule has 0 aromatic carbocycles. The molecule has 7 heteroatoms. The minimum Gasteiger partial charge on any atom is -0.458 e. The largest absolute Gasteiger partial charge is 0.458 e. The van der Waals surface area contributed by atoms with Gasteiger partial charge < -0.3 is 14.4 Å². The highest BCUT2D eigenvalue weighted by Crippen LogP contribution is 2.36. The highest BCUT2D eigenvalue weighted by atomic mass is 16.6. The first-order chi connectivity index (χ1) is 11.7. The molecule has 2 aromatic rings. The molecule has 2 aliphatic heterocycles. The average Bonchev–Trinajstić information content (AvgIpc) is 3.23. The van der Waals surface area contributed by atoms with Crippen LogP contribution in [0.15, 0.2) is 43.0 Å². The number of amides is 1. The third-order valence-corrected chi connectivity index (χ3v) is 4.52. The Balaban J connectivity index is 1.39. The second-order valence-electron chi connectivity index (χ2n) is 6.18. The third-order valence-electron chi connectivity index (χ3n) is 4.52. The van der Waals surface area contributed by atoms with Gasteiger partial charge in [-0.05, 0) is 24.6 Å². The fourth-order valence-electron chi connectivity index (χ4n) is 3.35. The van der Waals surface area contributed by atoms with E-state index in [9.17, 15) is 4.79 Å². The Morgan fingerprint density at radius 2 is 2.04 bits per heavy atom. The number of rotatable bonds is 3. The van der Waals surface area contributed by atoms with Crippen molar-refractivity contribution >= 4 is 5.91 Å². The summed E-state index contributed by atoms with van der Waals surface area (Å²) < 4.78 is 11.8. The van der Waals surface area contributed by atoms with Gasteiger partial charge in [0.15, 0.2) is 0 Å². The Labute approximate surface area is 139 Å². The predicted octanol–water partition coefficient (Wildman–Crippen LogP) is 1.32. The lowest BCUT2D eigenvalue weighted by atomic mass is 9.98. The van der Waals surface area contributed by atoms with Gasteiger partial charge in [-0.25, -0.2) is 9.97 Å². The first-order valence-electron chi connectivity index (χ1n) is 8.01. The van der Waals surface area contributed by atoms with Gasteiger partial charge in [-0.1, -0.05) is 0 Å². The summed E-state index contributed by atoms with van der Waals surface area (Å²) in [6.07, 6.45) is 8.05. The van der Waals surface area contributed by atoms with E-state index in [1.54, 1.807) is 43.0 Å².